The molecule has 2 unspecified atom stereocenters. The van der Waals surface area contributed by atoms with Gasteiger partial charge in [-0.25, -0.2) is 5.01 Å². The molecule has 11 nitrogen and oxygen atoms in total. The van der Waals surface area contributed by atoms with Crippen molar-refractivity contribution < 1.29 is 29.4 Å². The quantitative estimate of drug-likeness (QED) is 0.214. The Bertz CT molecular complexity index is 1260. The number of hydrogen-bond donors (Lipinski definition) is 4. The van der Waals surface area contributed by atoms with Gasteiger partial charge in [0.05, 0.1) is 12.1 Å². The molecule has 0 aromatic heterocycles. The number of likely N-dealkylation sites (N-methyl/N-ethyl adjacent to an activating group) is 1. The number of benzene rings is 2. The summed E-state index contributed by atoms with van der Waals surface area (Å²) in [6, 6.07) is 10.1. The van der Waals surface area contributed by atoms with Crippen LogP contribution >= 0.6 is 0 Å². The molecule has 44 heavy (non-hydrogen) atoms. The van der Waals surface area contributed by atoms with Crippen LogP contribution in [-0.4, -0.2) is 101 Å². The number of rotatable bonds is 16. The summed E-state index contributed by atoms with van der Waals surface area (Å²) in [7, 11) is 3.19. The summed E-state index contributed by atoms with van der Waals surface area (Å²) in [6.07, 6.45) is 0.626. The van der Waals surface area contributed by atoms with Crippen molar-refractivity contribution in [2.75, 3.05) is 40.3 Å². The van der Waals surface area contributed by atoms with Gasteiger partial charge in [-0.3, -0.25) is 24.6 Å². The average Bonchev–Trinajstić information content (AvgIpc) is 2.99. The Morgan fingerprint density at radius 3 is 1.89 bits per heavy atom. The molecule has 242 valence electrons. The van der Waals surface area contributed by atoms with Crippen molar-refractivity contribution >= 4 is 23.6 Å². The van der Waals surface area contributed by atoms with E-state index in [9.17, 15) is 29.4 Å². The monoisotopic (exact) mass is 611 g/mol. The van der Waals surface area contributed by atoms with Crippen LogP contribution in [0.5, 0.6) is 5.75 Å². The van der Waals surface area contributed by atoms with Gasteiger partial charge < -0.3 is 25.3 Å². The van der Waals surface area contributed by atoms with E-state index in [2.05, 4.69) is 10.7 Å². The number of hydrazine groups is 1. The largest absolute Gasteiger partial charge is 0.508 e. The molecular formula is C33H49N5O6. The lowest BCUT2D eigenvalue weighted by molar-refractivity contribution is -0.129. The normalized spacial score (nSPS) is 12.5. The van der Waals surface area contributed by atoms with Gasteiger partial charge in [-0.15, -0.1) is 0 Å². The molecule has 0 bridgehead atoms. The van der Waals surface area contributed by atoms with Crippen molar-refractivity contribution in [2.24, 2.45) is 5.92 Å². The van der Waals surface area contributed by atoms with E-state index >= 15 is 0 Å². The highest BCUT2D eigenvalue weighted by Gasteiger charge is 2.27. The molecule has 0 saturated heterocycles. The molecule has 0 fully saturated rings. The van der Waals surface area contributed by atoms with Crippen molar-refractivity contribution in [1.82, 2.24) is 25.6 Å². The highest BCUT2D eigenvalue weighted by atomic mass is 16.3. The first kappa shape index (κ1) is 36.2. The first-order chi connectivity index (χ1) is 20.8. The molecule has 0 heterocycles. The Morgan fingerprint density at radius 1 is 0.841 bits per heavy atom. The Labute approximate surface area is 261 Å². The summed E-state index contributed by atoms with van der Waals surface area (Å²) >= 11 is 0. The van der Waals surface area contributed by atoms with Crippen LogP contribution in [0.4, 0.5) is 0 Å². The maximum atomic E-state index is 13.8. The second-order valence-corrected chi connectivity index (χ2v) is 11.5. The van der Waals surface area contributed by atoms with Gasteiger partial charge in [-0.1, -0.05) is 46.8 Å². The Hall–Kier alpha value is -3.96. The highest BCUT2D eigenvalue weighted by molar-refractivity contribution is 6.04. The fraction of sp³-hybridized carbons (Fsp3) is 0.515. The number of nitrogens with one attached hydrogen (secondary N) is 2. The number of carbonyl (C=O) groups excluding carboxylic acids is 4. The summed E-state index contributed by atoms with van der Waals surface area (Å²) in [5, 5.41) is 25.6. The van der Waals surface area contributed by atoms with Crippen molar-refractivity contribution in [3.05, 3.63) is 64.7 Å². The molecule has 2 aromatic rings. The minimum absolute atomic E-state index is 0.0316. The molecule has 2 atom stereocenters. The molecule has 0 aliphatic heterocycles. The third-order valence-electron chi connectivity index (χ3n) is 7.12. The lowest BCUT2D eigenvalue weighted by Crippen LogP contribution is -2.53. The van der Waals surface area contributed by atoms with E-state index in [1.165, 1.54) is 35.2 Å². The SMILES string of the molecule is CCCN(CCC)C(=O)c1cc(C(=O)NC(Cc2ccc(O)cc2)C(O)CN(CC)NC(=O)C(C)C)cc(C(=O)N(C)C)c1. The fourth-order valence-corrected chi connectivity index (χ4v) is 4.61. The van der Waals surface area contributed by atoms with E-state index in [4.69, 9.17) is 0 Å². The number of phenols is 1. The molecule has 0 aliphatic rings. The number of aliphatic hydroxyl groups excluding tert-OH is 1. The van der Waals surface area contributed by atoms with Crippen LogP contribution in [0.15, 0.2) is 42.5 Å². The summed E-state index contributed by atoms with van der Waals surface area (Å²) in [5.41, 5.74) is 4.08. The first-order valence-electron chi connectivity index (χ1n) is 15.3. The van der Waals surface area contributed by atoms with Crippen molar-refractivity contribution in [3.8, 4) is 5.75 Å². The van der Waals surface area contributed by atoms with Crippen LogP contribution in [0, 0.1) is 5.92 Å². The molecular weight excluding hydrogens is 562 g/mol. The predicted octanol–water partition coefficient (Wildman–Crippen LogP) is 3.07. The van der Waals surface area contributed by atoms with Crippen LogP contribution in [0.2, 0.25) is 0 Å². The maximum Gasteiger partial charge on any atom is 0.253 e. The first-order valence-corrected chi connectivity index (χ1v) is 15.3. The lowest BCUT2D eigenvalue weighted by atomic mass is 9.99. The van der Waals surface area contributed by atoms with E-state index in [1.807, 2.05) is 20.8 Å². The van der Waals surface area contributed by atoms with Gasteiger partial charge in [0, 0.05) is 62.9 Å². The number of hydrogen-bond acceptors (Lipinski definition) is 7. The molecule has 2 rings (SSSR count). The van der Waals surface area contributed by atoms with Crippen molar-refractivity contribution in [2.45, 2.75) is 66.0 Å². The second-order valence-electron chi connectivity index (χ2n) is 11.5. The number of carbonyl (C=O) groups is 4. The van der Waals surface area contributed by atoms with E-state index < -0.39 is 18.1 Å². The summed E-state index contributed by atoms with van der Waals surface area (Å²) in [6.45, 7) is 10.9. The third kappa shape index (κ3) is 10.6. The fourth-order valence-electron chi connectivity index (χ4n) is 4.61. The van der Waals surface area contributed by atoms with Crippen molar-refractivity contribution in [3.63, 3.8) is 0 Å². The Balaban J connectivity index is 2.47. The average molecular weight is 612 g/mol. The topological polar surface area (TPSA) is 143 Å². The van der Waals surface area contributed by atoms with E-state index in [-0.39, 0.29) is 59.0 Å². The second kappa shape index (κ2) is 17.4. The predicted molar refractivity (Wildman–Crippen MR) is 170 cm³/mol. The molecule has 0 radical (unpaired) electrons. The van der Waals surface area contributed by atoms with Gasteiger partial charge in [0.2, 0.25) is 5.91 Å². The lowest BCUT2D eigenvalue weighted by Gasteiger charge is -2.30. The van der Waals surface area contributed by atoms with Crippen molar-refractivity contribution in [1.29, 1.82) is 0 Å². The molecule has 0 aliphatic carbocycles. The number of aliphatic hydroxyl groups is 1. The molecule has 11 heteroatoms. The highest BCUT2D eigenvalue weighted by Crippen LogP contribution is 2.18. The van der Waals surface area contributed by atoms with E-state index in [1.54, 1.807) is 50.0 Å². The number of amides is 4. The third-order valence-corrected chi connectivity index (χ3v) is 7.12. The van der Waals surface area contributed by atoms with E-state index in [0.29, 0.717) is 19.6 Å². The molecule has 4 amide bonds. The Kier molecular flexibility index (Phi) is 14.3. The van der Waals surface area contributed by atoms with Crippen LogP contribution in [0.25, 0.3) is 0 Å². The molecule has 2 aromatic carbocycles. The zero-order valence-corrected chi connectivity index (χ0v) is 27.1. The number of phenolic OH excluding ortho intramolecular Hbond substituents is 1. The van der Waals surface area contributed by atoms with Gasteiger partial charge >= 0.3 is 0 Å². The molecule has 0 spiro atoms. The minimum Gasteiger partial charge on any atom is -0.508 e. The van der Waals surface area contributed by atoms with Gasteiger partial charge in [-0.2, -0.15) is 0 Å². The summed E-state index contributed by atoms with van der Waals surface area (Å²) in [5.74, 6) is -1.56. The van der Waals surface area contributed by atoms with Crippen LogP contribution < -0.4 is 10.7 Å². The Morgan fingerprint density at radius 2 is 1.39 bits per heavy atom. The van der Waals surface area contributed by atoms with Gasteiger partial charge in [0.15, 0.2) is 0 Å². The summed E-state index contributed by atoms with van der Waals surface area (Å²) in [4.78, 5) is 55.6. The molecule has 0 saturated carbocycles. The minimum atomic E-state index is -1.11. The van der Waals surface area contributed by atoms with Gasteiger partial charge in [0.1, 0.15) is 5.75 Å². The summed E-state index contributed by atoms with van der Waals surface area (Å²) < 4.78 is 0. The van der Waals surface area contributed by atoms with Crippen LogP contribution in [0.3, 0.4) is 0 Å². The zero-order chi connectivity index (χ0) is 33.0. The van der Waals surface area contributed by atoms with Crippen LogP contribution in [-0.2, 0) is 11.2 Å². The standard InChI is InChI=1S/C33H49N5O6/c1-8-15-37(16-9-2)33(44)26-19-24(18-25(20-26)32(43)36(6)7)31(42)34-28(17-23-11-13-27(39)14-12-23)29(40)21-38(10-3)35-30(41)22(4)5/h11-14,18-20,22,28-29,39-40H,8-10,15-17,21H2,1-7H3,(H,34,42)(H,35,41). The number of nitrogens with zero attached hydrogens (tertiary/aromatic N) is 3. The molecule has 4 N–H and O–H groups in total. The van der Waals surface area contributed by atoms with Gasteiger partial charge in [-0.05, 0) is 55.2 Å². The smallest absolute Gasteiger partial charge is 0.253 e. The van der Waals surface area contributed by atoms with Gasteiger partial charge in [0.25, 0.3) is 17.7 Å². The van der Waals surface area contributed by atoms with E-state index in [0.717, 1.165) is 18.4 Å². The van der Waals surface area contributed by atoms with Crippen LogP contribution in [0.1, 0.15) is 84.1 Å². The maximum absolute atomic E-state index is 13.8. The number of aromatic hydroxyl groups is 1. The zero-order valence-electron chi connectivity index (χ0n) is 27.1.